The lowest BCUT2D eigenvalue weighted by atomic mass is 9.78. The van der Waals surface area contributed by atoms with E-state index in [-0.39, 0.29) is 77.4 Å². The number of likely N-dealkylation sites (N-methyl/N-ethyl adjacent to an activating group) is 1. The van der Waals surface area contributed by atoms with Crippen LogP contribution in [0.5, 0.6) is 0 Å². The van der Waals surface area contributed by atoms with E-state index < -0.39 is 24.0 Å². The molecule has 8 atom stereocenters. The number of fused-ring (bicyclic) bond motifs is 2. The molecule has 68 heavy (non-hydrogen) atoms. The van der Waals surface area contributed by atoms with Crippen molar-refractivity contribution in [3.05, 3.63) is 58.7 Å². The largest absolute Gasteiger partial charge is 0.368 e. The van der Waals surface area contributed by atoms with Crippen LogP contribution in [-0.4, -0.2) is 115 Å². The molecule has 2 aromatic rings. The Labute approximate surface area is 406 Å². The topological polar surface area (TPSA) is 151 Å². The first-order chi connectivity index (χ1) is 32.6. The van der Waals surface area contributed by atoms with Gasteiger partial charge in [0.2, 0.25) is 23.6 Å². The van der Waals surface area contributed by atoms with Gasteiger partial charge < -0.3 is 35.6 Å². The molecule has 4 amide bonds. The standard InChI is InChI=1S/C55H81N7O6/c1-9-36(6)52(65)58-51(35(4)5)55(68)62-27-15-25-48(62)53(66)57-44-21-11-20-42-40(44)18-13-23-46(42)60-30-28-59(29-31-60)45-22-12-17-39-38(16-10-19-41(39)45)32-50(64)47-24-14-26-61(47)54(67)43(34(2)3)33-49(63)37(7)56-8/h12-13,17-18,22-23,34-38,43-44,47-48,51,56H,9-11,14-16,19-21,24-33H2,1-8H3,(H,57,66)(H,58,65)/t36-,37+,38+,43+,44-,47+,48?,51+/m1/s1. The highest BCUT2D eigenvalue weighted by Crippen LogP contribution is 2.41. The minimum Gasteiger partial charge on any atom is -0.368 e. The smallest absolute Gasteiger partial charge is 0.246 e. The first-order valence-corrected chi connectivity index (χ1v) is 26.3. The molecular weight excluding hydrogens is 855 g/mol. The third-order valence-corrected chi connectivity index (χ3v) is 16.3. The highest BCUT2D eigenvalue weighted by molar-refractivity contribution is 5.94. The Morgan fingerprint density at radius 1 is 0.662 bits per heavy atom. The minimum atomic E-state index is -0.669. The zero-order valence-electron chi connectivity index (χ0n) is 42.4. The Morgan fingerprint density at radius 3 is 1.82 bits per heavy atom. The third-order valence-electron chi connectivity index (χ3n) is 16.3. The molecule has 5 aliphatic rings. The maximum atomic E-state index is 14.2. The summed E-state index contributed by atoms with van der Waals surface area (Å²) in [7, 11) is 1.76. The summed E-state index contributed by atoms with van der Waals surface area (Å²) in [6.07, 6.45) is 9.87. The van der Waals surface area contributed by atoms with E-state index in [2.05, 4.69) is 62.1 Å². The molecule has 0 saturated carbocycles. The van der Waals surface area contributed by atoms with E-state index in [0.29, 0.717) is 38.8 Å². The van der Waals surface area contributed by atoms with Crippen LogP contribution in [0.1, 0.15) is 153 Å². The molecule has 7 rings (SSSR count). The van der Waals surface area contributed by atoms with Crippen LogP contribution in [0.2, 0.25) is 0 Å². The van der Waals surface area contributed by atoms with Gasteiger partial charge in [-0.1, -0.05) is 65.8 Å². The highest BCUT2D eigenvalue weighted by atomic mass is 16.2. The third kappa shape index (κ3) is 11.1. The second kappa shape index (κ2) is 22.8. The first-order valence-electron chi connectivity index (χ1n) is 26.3. The Kier molecular flexibility index (Phi) is 17.1. The Bertz CT molecular complexity index is 2000. The number of nitrogens with zero attached hydrogens (tertiary/aromatic N) is 4. The van der Waals surface area contributed by atoms with Gasteiger partial charge >= 0.3 is 0 Å². The molecule has 3 N–H and O–H groups in total. The van der Waals surface area contributed by atoms with E-state index in [1.165, 1.54) is 28.1 Å². The molecule has 13 nitrogen and oxygen atoms in total. The molecule has 3 fully saturated rings. The fraction of sp³-hybridized carbons (Fsp3) is 0.673. The molecule has 372 valence electrons. The van der Waals surface area contributed by atoms with Crippen molar-refractivity contribution in [1.82, 2.24) is 25.8 Å². The average Bonchev–Trinajstić information content (AvgIpc) is 4.05. The second-order valence-corrected chi connectivity index (χ2v) is 21.3. The minimum absolute atomic E-state index is 0.00227. The summed E-state index contributed by atoms with van der Waals surface area (Å²) in [5, 5.41) is 9.39. The molecule has 2 aliphatic carbocycles. The van der Waals surface area contributed by atoms with Crippen molar-refractivity contribution in [1.29, 1.82) is 0 Å². The molecule has 13 heteroatoms. The fourth-order valence-electron chi connectivity index (χ4n) is 11.8. The summed E-state index contributed by atoms with van der Waals surface area (Å²) >= 11 is 0. The van der Waals surface area contributed by atoms with E-state index in [1.807, 2.05) is 48.5 Å². The normalized spacial score (nSPS) is 23.4. The zero-order valence-corrected chi connectivity index (χ0v) is 42.4. The first kappa shape index (κ1) is 51.1. The van der Waals surface area contributed by atoms with Crippen molar-refractivity contribution >= 4 is 46.6 Å². The van der Waals surface area contributed by atoms with Gasteiger partial charge in [-0.25, -0.2) is 0 Å². The van der Waals surface area contributed by atoms with Crippen molar-refractivity contribution in [3.63, 3.8) is 0 Å². The van der Waals surface area contributed by atoms with Crippen LogP contribution in [0.3, 0.4) is 0 Å². The molecule has 3 aliphatic heterocycles. The Balaban J connectivity index is 0.981. The molecular formula is C55H81N7O6. The molecule has 3 heterocycles. The number of carbonyl (C=O) groups excluding carboxylic acids is 6. The Hall–Kier alpha value is -4.78. The van der Waals surface area contributed by atoms with Crippen LogP contribution in [0.4, 0.5) is 11.4 Å². The van der Waals surface area contributed by atoms with Crippen LogP contribution in [0, 0.1) is 23.7 Å². The maximum absolute atomic E-state index is 14.2. The van der Waals surface area contributed by atoms with Crippen LogP contribution in [0.15, 0.2) is 36.4 Å². The van der Waals surface area contributed by atoms with Gasteiger partial charge in [-0.05, 0) is 137 Å². The van der Waals surface area contributed by atoms with Gasteiger partial charge in [-0.15, -0.1) is 0 Å². The number of hydrogen-bond donors (Lipinski definition) is 3. The van der Waals surface area contributed by atoms with Crippen LogP contribution in [-0.2, 0) is 41.6 Å². The van der Waals surface area contributed by atoms with Gasteiger partial charge in [-0.2, -0.15) is 0 Å². The Morgan fingerprint density at radius 2 is 1.24 bits per heavy atom. The van der Waals surface area contributed by atoms with Crippen molar-refractivity contribution in [2.75, 3.05) is 56.1 Å². The summed E-state index contributed by atoms with van der Waals surface area (Å²) < 4.78 is 0. The predicted octanol–water partition coefficient (Wildman–Crippen LogP) is 6.89. The maximum Gasteiger partial charge on any atom is 0.246 e. The van der Waals surface area contributed by atoms with Crippen molar-refractivity contribution in [2.24, 2.45) is 23.7 Å². The second-order valence-electron chi connectivity index (χ2n) is 21.3. The molecule has 0 bridgehead atoms. The predicted molar refractivity (Wildman–Crippen MR) is 269 cm³/mol. The molecule has 2 aromatic carbocycles. The number of hydrogen-bond acceptors (Lipinski definition) is 9. The van der Waals surface area contributed by atoms with Crippen molar-refractivity contribution in [2.45, 2.75) is 168 Å². The number of piperazine rings is 1. The zero-order chi connectivity index (χ0) is 48.8. The number of benzene rings is 2. The van der Waals surface area contributed by atoms with Gasteiger partial charge in [0.05, 0.1) is 18.1 Å². The number of ketones is 2. The lowest BCUT2D eigenvalue weighted by molar-refractivity contribution is -0.144. The molecule has 3 saturated heterocycles. The number of rotatable bonds is 18. The number of likely N-dealkylation sites (tertiary alicyclic amines) is 2. The van der Waals surface area contributed by atoms with E-state index in [0.717, 1.165) is 83.1 Å². The fourth-order valence-corrected chi connectivity index (χ4v) is 11.8. The van der Waals surface area contributed by atoms with E-state index in [4.69, 9.17) is 0 Å². The number of nitrogens with one attached hydrogen (secondary N) is 3. The van der Waals surface area contributed by atoms with Gasteiger partial charge in [0, 0.05) is 75.3 Å². The molecule has 0 radical (unpaired) electrons. The lowest BCUT2D eigenvalue weighted by Gasteiger charge is -2.41. The van der Waals surface area contributed by atoms with E-state index >= 15 is 0 Å². The number of Topliss-reactive ketones (excluding diaryl/α,β-unsaturated/α-hetero) is 2. The molecule has 0 spiro atoms. The van der Waals surface area contributed by atoms with E-state index in [1.54, 1.807) is 16.8 Å². The number of carbonyl (C=O) groups is 6. The van der Waals surface area contributed by atoms with Crippen LogP contribution in [0.25, 0.3) is 0 Å². The SMILES string of the molecule is CC[C@@H](C)C(=O)N[C@H](C(=O)N1CCCC1C(=O)N[C@@H]1CCCc2c1cccc2N1CCN(c2cccc3c2CCC[C@H]3CC(=O)[C@@H]2CCCN2C(=O)[C@@H](CC(=O)[C@H](C)NC)C(C)C)CC1)C(C)C. The quantitative estimate of drug-likeness (QED) is 0.145. The summed E-state index contributed by atoms with van der Waals surface area (Å²) in [6.45, 7) is 18.1. The van der Waals surface area contributed by atoms with Gasteiger partial charge in [0.25, 0.3) is 0 Å². The summed E-state index contributed by atoms with van der Waals surface area (Å²) in [5.74, 6) is -0.906. The van der Waals surface area contributed by atoms with Crippen molar-refractivity contribution < 1.29 is 28.8 Å². The van der Waals surface area contributed by atoms with Gasteiger partial charge in [-0.3, -0.25) is 28.8 Å². The molecule has 0 aromatic heterocycles. The summed E-state index contributed by atoms with van der Waals surface area (Å²) in [5.41, 5.74) is 7.60. The van der Waals surface area contributed by atoms with Crippen LogP contribution >= 0.6 is 0 Å². The average molecular weight is 936 g/mol. The lowest BCUT2D eigenvalue weighted by Crippen LogP contribution is -2.56. The monoisotopic (exact) mass is 936 g/mol. The van der Waals surface area contributed by atoms with Crippen molar-refractivity contribution in [3.8, 4) is 0 Å². The van der Waals surface area contributed by atoms with Gasteiger partial charge in [0.15, 0.2) is 5.78 Å². The highest BCUT2D eigenvalue weighted by Gasteiger charge is 2.42. The van der Waals surface area contributed by atoms with E-state index in [9.17, 15) is 28.8 Å². The molecule has 1 unspecified atom stereocenters. The van der Waals surface area contributed by atoms with Gasteiger partial charge in [0.1, 0.15) is 17.9 Å². The summed E-state index contributed by atoms with van der Waals surface area (Å²) in [6, 6.07) is 11.0. The summed E-state index contributed by atoms with van der Waals surface area (Å²) in [4.78, 5) is 90.5. The van der Waals surface area contributed by atoms with Crippen LogP contribution < -0.4 is 25.8 Å². The number of amides is 4. The number of anilines is 2.